The standard InChI is InChI=1S/C24H26N2OS/c1-2-3-14-26-23-18-12-13-21(28-16-8-5-4-6-9-16)17-10-7-11-19(22(17)18)24(27)20(23)15-25/h7,10-13,16,26H,2-6,8-9,14H2,1H3. The number of carbonyl (C=O) groups excluding carboxylic acids is 1. The number of rotatable bonds is 6. The molecule has 2 aromatic rings. The minimum Gasteiger partial charge on any atom is -0.383 e. The van der Waals surface area contributed by atoms with Crippen LogP contribution >= 0.6 is 11.8 Å². The molecule has 0 unspecified atom stereocenters. The Morgan fingerprint density at radius 1 is 1.14 bits per heavy atom. The number of carbonyl (C=O) groups is 1. The number of allylic oxidation sites excluding steroid dienone is 1. The lowest BCUT2D eigenvalue weighted by molar-refractivity contribution is 0.104. The predicted octanol–water partition coefficient (Wildman–Crippen LogP) is 6.09. The van der Waals surface area contributed by atoms with Crippen molar-refractivity contribution in [2.75, 3.05) is 6.54 Å². The molecule has 0 spiro atoms. The fraction of sp³-hybridized carbons (Fsp3) is 0.417. The van der Waals surface area contributed by atoms with Gasteiger partial charge in [0.25, 0.3) is 0 Å². The molecule has 0 aliphatic heterocycles. The van der Waals surface area contributed by atoms with E-state index in [1.807, 2.05) is 23.9 Å². The maximum absolute atomic E-state index is 13.1. The van der Waals surface area contributed by atoms with Crippen molar-refractivity contribution in [3.05, 3.63) is 47.0 Å². The topological polar surface area (TPSA) is 52.9 Å². The first-order valence-electron chi connectivity index (χ1n) is 10.4. The van der Waals surface area contributed by atoms with E-state index in [1.54, 1.807) is 0 Å². The molecule has 2 aliphatic rings. The van der Waals surface area contributed by atoms with Gasteiger partial charge in [0, 0.05) is 33.2 Å². The molecule has 0 atom stereocenters. The van der Waals surface area contributed by atoms with Crippen LogP contribution in [0.5, 0.6) is 0 Å². The van der Waals surface area contributed by atoms with Gasteiger partial charge in [0.2, 0.25) is 5.78 Å². The van der Waals surface area contributed by atoms with Crippen LogP contribution in [0.3, 0.4) is 0 Å². The van der Waals surface area contributed by atoms with Gasteiger partial charge in [0.1, 0.15) is 11.6 Å². The minimum atomic E-state index is -0.153. The monoisotopic (exact) mass is 390 g/mol. The van der Waals surface area contributed by atoms with Crippen LogP contribution in [0, 0.1) is 11.3 Å². The molecule has 4 rings (SSSR count). The average molecular weight is 391 g/mol. The molecule has 28 heavy (non-hydrogen) atoms. The molecule has 0 radical (unpaired) electrons. The molecule has 0 saturated heterocycles. The third-order valence-electron chi connectivity index (χ3n) is 5.78. The summed E-state index contributed by atoms with van der Waals surface area (Å²) in [4.78, 5) is 14.3. The van der Waals surface area contributed by atoms with E-state index >= 15 is 0 Å². The molecule has 1 N–H and O–H groups in total. The number of nitriles is 1. The first kappa shape index (κ1) is 19.1. The molecule has 2 aromatic carbocycles. The van der Waals surface area contributed by atoms with E-state index in [9.17, 15) is 10.1 Å². The Balaban J connectivity index is 1.80. The van der Waals surface area contributed by atoms with Crippen LogP contribution in [-0.2, 0) is 0 Å². The summed E-state index contributed by atoms with van der Waals surface area (Å²) in [6.45, 7) is 2.91. The fourth-order valence-corrected chi connectivity index (χ4v) is 5.68. The van der Waals surface area contributed by atoms with E-state index in [0.717, 1.165) is 35.7 Å². The third kappa shape index (κ3) is 3.44. The summed E-state index contributed by atoms with van der Waals surface area (Å²) in [7, 11) is 0. The molecular formula is C24H26N2OS. The van der Waals surface area contributed by atoms with Crippen LogP contribution in [0.2, 0.25) is 0 Å². The number of nitrogens with one attached hydrogen (secondary N) is 1. The molecule has 144 valence electrons. The fourth-order valence-electron chi connectivity index (χ4n) is 4.31. The highest BCUT2D eigenvalue weighted by Crippen LogP contribution is 2.42. The van der Waals surface area contributed by atoms with Gasteiger partial charge in [-0.1, -0.05) is 56.9 Å². The smallest absolute Gasteiger partial charge is 0.206 e. The minimum absolute atomic E-state index is 0.153. The van der Waals surface area contributed by atoms with E-state index < -0.39 is 0 Å². The SMILES string of the molecule is CCCCNC1=C(C#N)C(=O)c2cccc3c(SC4CCCCC4)ccc1c23. The average Bonchev–Trinajstić information content (AvgIpc) is 2.73. The third-order valence-corrected chi connectivity index (χ3v) is 7.20. The Morgan fingerprint density at radius 2 is 1.96 bits per heavy atom. The number of thioether (sulfide) groups is 1. The summed E-state index contributed by atoms with van der Waals surface area (Å²) in [5.74, 6) is -0.153. The van der Waals surface area contributed by atoms with Crippen molar-refractivity contribution in [1.29, 1.82) is 5.26 Å². The Bertz CT molecular complexity index is 980. The summed E-state index contributed by atoms with van der Waals surface area (Å²) in [6.07, 6.45) is 8.61. The predicted molar refractivity (Wildman–Crippen MR) is 116 cm³/mol. The number of unbranched alkanes of at least 4 members (excludes halogenated alkanes) is 1. The summed E-state index contributed by atoms with van der Waals surface area (Å²) in [5, 5.41) is 15.9. The van der Waals surface area contributed by atoms with Crippen LogP contribution in [0.4, 0.5) is 0 Å². The number of ketones is 1. The van der Waals surface area contributed by atoms with Crippen LogP contribution in [-0.4, -0.2) is 17.6 Å². The van der Waals surface area contributed by atoms with Crippen molar-refractivity contribution in [2.45, 2.75) is 62.0 Å². The van der Waals surface area contributed by atoms with Gasteiger partial charge in [-0.15, -0.1) is 11.8 Å². The molecule has 1 fully saturated rings. The van der Waals surface area contributed by atoms with Crippen LogP contribution in [0.15, 0.2) is 40.8 Å². The van der Waals surface area contributed by atoms with Crippen molar-refractivity contribution >= 4 is 34.0 Å². The molecule has 4 heteroatoms. The van der Waals surface area contributed by atoms with Crippen LogP contribution in [0.25, 0.3) is 16.5 Å². The van der Waals surface area contributed by atoms with E-state index in [0.29, 0.717) is 16.5 Å². The number of benzene rings is 2. The van der Waals surface area contributed by atoms with Crippen molar-refractivity contribution in [3.8, 4) is 6.07 Å². The highest BCUT2D eigenvalue weighted by atomic mass is 32.2. The van der Waals surface area contributed by atoms with Gasteiger partial charge < -0.3 is 5.32 Å². The summed E-state index contributed by atoms with van der Waals surface area (Å²) in [6, 6.07) is 12.4. The van der Waals surface area contributed by atoms with Crippen molar-refractivity contribution in [3.63, 3.8) is 0 Å². The van der Waals surface area contributed by atoms with Gasteiger partial charge >= 0.3 is 0 Å². The molecule has 0 amide bonds. The zero-order valence-electron chi connectivity index (χ0n) is 16.4. The molecule has 1 saturated carbocycles. The van der Waals surface area contributed by atoms with E-state index in [4.69, 9.17) is 0 Å². The quantitative estimate of drug-likeness (QED) is 0.607. The molecule has 0 heterocycles. The van der Waals surface area contributed by atoms with Gasteiger partial charge in [-0.05, 0) is 30.7 Å². The van der Waals surface area contributed by atoms with Gasteiger partial charge in [0.05, 0.1) is 5.70 Å². The number of hydrogen-bond donors (Lipinski definition) is 1. The maximum atomic E-state index is 13.1. The zero-order valence-corrected chi connectivity index (χ0v) is 17.2. The van der Waals surface area contributed by atoms with E-state index in [1.165, 1.54) is 37.0 Å². The molecule has 0 aromatic heterocycles. The van der Waals surface area contributed by atoms with Crippen LogP contribution in [0.1, 0.15) is 67.8 Å². The lowest BCUT2D eigenvalue weighted by Crippen LogP contribution is -2.22. The normalized spacial score (nSPS) is 17.1. The zero-order chi connectivity index (χ0) is 19.5. The molecule has 2 aliphatic carbocycles. The van der Waals surface area contributed by atoms with Gasteiger partial charge in [-0.25, -0.2) is 0 Å². The maximum Gasteiger partial charge on any atom is 0.206 e. The number of nitrogens with zero attached hydrogens (tertiary/aromatic N) is 1. The molecular weight excluding hydrogens is 364 g/mol. The number of Topliss-reactive ketones (excluding diaryl/α,β-unsaturated/α-hetero) is 1. The first-order chi connectivity index (χ1) is 13.7. The van der Waals surface area contributed by atoms with E-state index in [-0.39, 0.29) is 11.4 Å². The first-order valence-corrected chi connectivity index (χ1v) is 11.3. The van der Waals surface area contributed by atoms with Gasteiger partial charge in [0.15, 0.2) is 0 Å². The Morgan fingerprint density at radius 3 is 2.71 bits per heavy atom. The van der Waals surface area contributed by atoms with Crippen molar-refractivity contribution in [2.24, 2.45) is 0 Å². The van der Waals surface area contributed by atoms with Crippen LogP contribution < -0.4 is 5.32 Å². The second-order valence-electron chi connectivity index (χ2n) is 7.69. The lowest BCUT2D eigenvalue weighted by atomic mass is 9.86. The highest BCUT2D eigenvalue weighted by Gasteiger charge is 2.29. The van der Waals surface area contributed by atoms with Crippen molar-refractivity contribution in [1.82, 2.24) is 5.32 Å². The lowest BCUT2D eigenvalue weighted by Gasteiger charge is -2.25. The van der Waals surface area contributed by atoms with Gasteiger partial charge in [-0.3, -0.25) is 4.79 Å². The summed E-state index contributed by atoms with van der Waals surface area (Å²) < 4.78 is 0. The molecule has 0 bridgehead atoms. The Hall–Kier alpha value is -2.25. The number of hydrogen-bond acceptors (Lipinski definition) is 4. The Kier molecular flexibility index (Phi) is 5.73. The Labute approximate surface area is 171 Å². The summed E-state index contributed by atoms with van der Waals surface area (Å²) in [5.41, 5.74) is 2.60. The van der Waals surface area contributed by atoms with Gasteiger partial charge in [-0.2, -0.15) is 5.26 Å². The highest BCUT2D eigenvalue weighted by molar-refractivity contribution is 8.00. The largest absolute Gasteiger partial charge is 0.383 e. The summed E-state index contributed by atoms with van der Waals surface area (Å²) >= 11 is 1.96. The molecule has 3 nitrogen and oxygen atoms in total. The van der Waals surface area contributed by atoms with E-state index in [2.05, 4.69) is 36.5 Å². The van der Waals surface area contributed by atoms with Crippen molar-refractivity contribution < 1.29 is 4.79 Å². The second-order valence-corrected chi connectivity index (χ2v) is 9.03. The second kappa shape index (κ2) is 8.41.